The number of para-hydroxylation sites is 1. The van der Waals surface area contributed by atoms with Gasteiger partial charge in [-0.1, -0.05) is 47.5 Å². The molecule has 1 saturated heterocycles. The molecule has 0 spiro atoms. The molecule has 2 heterocycles. The SMILES string of the molecule is COc1c(C(C)(O)N2CCOCC2)nn(-c2ccccc2Cl)c1-c1ccc(Cl)cc1. The van der Waals surface area contributed by atoms with Gasteiger partial charge in [0, 0.05) is 23.7 Å². The van der Waals surface area contributed by atoms with Gasteiger partial charge in [0.1, 0.15) is 5.69 Å². The average molecular weight is 448 g/mol. The van der Waals surface area contributed by atoms with Gasteiger partial charge in [0.25, 0.3) is 0 Å². The van der Waals surface area contributed by atoms with Crippen molar-refractivity contribution in [3.05, 3.63) is 64.3 Å². The van der Waals surface area contributed by atoms with Crippen LogP contribution < -0.4 is 4.74 Å². The summed E-state index contributed by atoms with van der Waals surface area (Å²) >= 11 is 12.6. The number of aromatic nitrogens is 2. The Bertz CT molecular complexity index is 1030. The van der Waals surface area contributed by atoms with E-state index in [1.165, 1.54) is 0 Å². The van der Waals surface area contributed by atoms with Crippen LogP contribution in [-0.4, -0.2) is 53.2 Å². The summed E-state index contributed by atoms with van der Waals surface area (Å²) in [6.07, 6.45) is 0. The van der Waals surface area contributed by atoms with Crippen LogP contribution >= 0.6 is 23.2 Å². The van der Waals surface area contributed by atoms with Crippen molar-refractivity contribution in [2.45, 2.75) is 12.6 Å². The first-order valence-electron chi connectivity index (χ1n) is 9.67. The summed E-state index contributed by atoms with van der Waals surface area (Å²) in [7, 11) is 1.58. The molecule has 1 aliphatic heterocycles. The summed E-state index contributed by atoms with van der Waals surface area (Å²) < 4.78 is 13.0. The fourth-order valence-corrected chi connectivity index (χ4v) is 4.06. The van der Waals surface area contributed by atoms with Crippen molar-refractivity contribution in [1.29, 1.82) is 0 Å². The van der Waals surface area contributed by atoms with E-state index in [-0.39, 0.29) is 0 Å². The molecule has 0 amide bonds. The fourth-order valence-electron chi connectivity index (χ4n) is 3.71. The molecule has 4 rings (SSSR count). The molecule has 1 fully saturated rings. The molecule has 1 aliphatic rings. The standard InChI is InChI=1S/C22H23Cl2N3O3/c1-22(28,26-11-13-30-14-12-26)21-20(29-2)19(15-7-9-16(23)10-8-15)27(25-21)18-6-4-3-5-17(18)24/h3-10,28H,11-14H2,1-2H3. The quantitative estimate of drug-likeness (QED) is 0.629. The normalized spacial score (nSPS) is 17.0. The highest BCUT2D eigenvalue weighted by Crippen LogP contribution is 2.42. The van der Waals surface area contributed by atoms with Gasteiger partial charge in [-0.25, -0.2) is 4.68 Å². The number of hydrogen-bond acceptors (Lipinski definition) is 5. The molecule has 0 bridgehead atoms. The number of morpholine rings is 1. The second-order valence-electron chi connectivity index (χ2n) is 7.22. The lowest BCUT2D eigenvalue weighted by Crippen LogP contribution is -2.50. The minimum Gasteiger partial charge on any atom is -0.492 e. The number of rotatable bonds is 5. The smallest absolute Gasteiger partial charge is 0.172 e. The minimum absolute atomic E-state index is 0.414. The zero-order chi connectivity index (χ0) is 21.3. The third-order valence-electron chi connectivity index (χ3n) is 5.32. The van der Waals surface area contributed by atoms with E-state index >= 15 is 0 Å². The van der Waals surface area contributed by atoms with Crippen molar-refractivity contribution in [1.82, 2.24) is 14.7 Å². The Morgan fingerprint density at radius 1 is 1.07 bits per heavy atom. The molecule has 1 atom stereocenters. The lowest BCUT2D eigenvalue weighted by atomic mass is 10.0. The highest BCUT2D eigenvalue weighted by Gasteiger charge is 2.40. The summed E-state index contributed by atoms with van der Waals surface area (Å²) in [5.74, 6) is 0.480. The molecule has 0 saturated carbocycles. The predicted octanol–water partition coefficient (Wildman–Crippen LogP) is 4.35. The van der Waals surface area contributed by atoms with Gasteiger partial charge in [0.15, 0.2) is 17.2 Å². The van der Waals surface area contributed by atoms with E-state index in [2.05, 4.69) is 0 Å². The van der Waals surface area contributed by atoms with Gasteiger partial charge in [-0.2, -0.15) is 5.10 Å². The summed E-state index contributed by atoms with van der Waals surface area (Å²) in [6.45, 7) is 4.00. The van der Waals surface area contributed by atoms with Gasteiger partial charge < -0.3 is 14.6 Å². The number of hydrogen-bond donors (Lipinski definition) is 1. The van der Waals surface area contributed by atoms with Crippen molar-refractivity contribution < 1.29 is 14.6 Å². The lowest BCUT2D eigenvalue weighted by Gasteiger charge is -2.38. The Morgan fingerprint density at radius 3 is 2.37 bits per heavy atom. The van der Waals surface area contributed by atoms with Gasteiger partial charge >= 0.3 is 0 Å². The maximum absolute atomic E-state index is 11.5. The number of methoxy groups -OCH3 is 1. The topological polar surface area (TPSA) is 59.8 Å². The van der Waals surface area contributed by atoms with Gasteiger partial charge in [0.2, 0.25) is 0 Å². The van der Waals surface area contributed by atoms with Gasteiger partial charge in [-0.3, -0.25) is 4.90 Å². The van der Waals surface area contributed by atoms with Crippen molar-refractivity contribution in [3.8, 4) is 22.7 Å². The molecule has 3 aromatic rings. The molecule has 1 N–H and O–H groups in total. The Hall–Kier alpha value is -2.09. The Labute approximate surface area is 185 Å². The molecule has 158 valence electrons. The summed E-state index contributed by atoms with van der Waals surface area (Å²) in [5, 5.41) is 17.5. The molecule has 0 radical (unpaired) electrons. The number of aliphatic hydroxyl groups is 1. The van der Waals surface area contributed by atoms with Gasteiger partial charge in [-0.15, -0.1) is 0 Å². The first kappa shape index (κ1) is 21.2. The zero-order valence-corrected chi connectivity index (χ0v) is 18.3. The van der Waals surface area contributed by atoms with Gasteiger partial charge in [0.05, 0.1) is 31.0 Å². The van der Waals surface area contributed by atoms with Crippen LogP contribution in [0.3, 0.4) is 0 Å². The number of halogens is 2. The second kappa shape index (κ2) is 8.57. The Kier molecular flexibility index (Phi) is 6.04. The van der Waals surface area contributed by atoms with Crippen LogP contribution in [0.5, 0.6) is 5.75 Å². The molecular formula is C22H23Cl2N3O3. The monoisotopic (exact) mass is 447 g/mol. The first-order chi connectivity index (χ1) is 14.4. The molecule has 30 heavy (non-hydrogen) atoms. The van der Waals surface area contributed by atoms with Crippen molar-refractivity contribution >= 4 is 23.2 Å². The predicted molar refractivity (Wildman–Crippen MR) is 118 cm³/mol. The van der Waals surface area contributed by atoms with E-state index < -0.39 is 5.72 Å². The highest BCUT2D eigenvalue weighted by atomic mass is 35.5. The molecule has 0 aliphatic carbocycles. The maximum Gasteiger partial charge on any atom is 0.172 e. The fraction of sp³-hybridized carbons (Fsp3) is 0.318. The maximum atomic E-state index is 11.5. The third kappa shape index (κ3) is 3.82. The van der Waals surface area contributed by atoms with E-state index in [9.17, 15) is 5.11 Å². The number of benzene rings is 2. The molecule has 1 aromatic heterocycles. The van der Waals surface area contributed by atoms with E-state index in [0.29, 0.717) is 59.2 Å². The van der Waals surface area contributed by atoms with E-state index in [1.54, 1.807) is 36.9 Å². The van der Waals surface area contributed by atoms with Crippen LogP contribution in [0.4, 0.5) is 0 Å². The zero-order valence-electron chi connectivity index (χ0n) is 16.8. The molecule has 8 heteroatoms. The van der Waals surface area contributed by atoms with Crippen LogP contribution in [0.25, 0.3) is 16.9 Å². The largest absolute Gasteiger partial charge is 0.492 e. The molecule has 1 unspecified atom stereocenters. The number of ether oxygens (including phenoxy) is 2. The molecular weight excluding hydrogens is 425 g/mol. The van der Waals surface area contributed by atoms with Crippen LogP contribution in [0.1, 0.15) is 12.6 Å². The second-order valence-corrected chi connectivity index (χ2v) is 8.06. The molecule has 6 nitrogen and oxygen atoms in total. The van der Waals surface area contributed by atoms with Crippen LogP contribution in [0.2, 0.25) is 10.0 Å². The third-order valence-corrected chi connectivity index (χ3v) is 5.89. The molecule has 2 aromatic carbocycles. The van der Waals surface area contributed by atoms with Crippen LogP contribution in [-0.2, 0) is 10.5 Å². The number of nitrogens with zero attached hydrogens (tertiary/aromatic N) is 3. The van der Waals surface area contributed by atoms with E-state index in [1.807, 2.05) is 35.2 Å². The Morgan fingerprint density at radius 2 is 1.73 bits per heavy atom. The summed E-state index contributed by atoms with van der Waals surface area (Å²) in [5.41, 5.74) is 1.27. The van der Waals surface area contributed by atoms with Crippen LogP contribution in [0.15, 0.2) is 48.5 Å². The van der Waals surface area contributed by atoms with Crippen molar-refractivity contribution in [3.63, 3.8) is 0 Å². The highest BCUT2D eigenvalue weighted by molar-refractivity contribution is 6.32. The van der Waals surface area contributed by atoms with E-state index in [0.717, 1.165) is 5.56 Å². The summed E-state index contributed by atoms with van der Waals surface area (Å²) in [4.78, 5) is 1.93. The van der Waals surface area contributed by atoms with Crippen LogP contribution in [0, 0.1) is 0 Å². The van der Waals surface area contributed by atoms with Crippen molar-refractivity contribution in [2.24, 2.45) is 0 Å². The summed E-state index contributed by atoms with van der Waals surface area (Å²) in [6, 6.07) is 14.8. The van der Waals surface area contributed by atoms with Crippen molar-refractivity contribution in [2.75, 3.05) is 33.4 Å². The lowest BCUT2D eigenvalue weighted by molar-refractivity contribution is -0.138. The average Bonchev–Trinajstić information content (AvgIpc) is 3.15. The van der Waals surface area contributed by atoms with E-state index in [4.69, 9.17) is 37.8 Å². The Balaban J connectivity index is 1.95. The van der Waals surface area contributed by atoms with Gasteiger partial charge in [-0.05, 0) is 31.2 Å². The minimum atomic E-state index is -1.36. The first-order valence-corrected chi connectivity index (χ1v) is 10.4.